The van der Waals surface area contributed by atoms with Crippen molar-refractivity contribution in [3.8, 4) is 0 Å². The zero-order valence-electron chi connectivity index (χ0n) is 14.2. The first kappa shape index (κ1) is 17.5. The van der Waals surface area contributed by atoms with Gasteiger partial charge in [0.15, 0.2) is 5.16 Å². The fourth-order valence-electron chi connectivity index (χ4n) is 2.51. The third-order valence-electron chi connectivity index (χ3n) is 3.95. The molecule has 8 heteroatoms. The van der Waals surface area contributed by atoms with E-state index in [-0.39, 0.29) is 5.91 Å². The summed E-state index contributed by atoms with van der Waals surface area (Å²) in [5, 5.41) is 13.5. The fourth-order valence-corrected chi connectivity index (χ4v) is 3.52. The molecule has 1 aromatic heterocycles. The van der Waals surface area contributed by atoms with Gasteiger partial charge in [0.25, 0.3) is 0 Å². The van der Waals surface area contributed by atoms with Crippen molar-refractivity contribution in [2.45, 2.75) is 36.1 Å². The molecule has 0 radical (unpaired) electrons. The second-order valence-corrected chi connectivity index (χ2v) is 7.00. The van der Waals surface area contributed by atoms with Gasteiger partial charge in [-0.2, -0.15) is 0 Å². The number of nitrogens with one attached hydrogen (secondary N) is 2. The molecular formula is C17H21N5O2S. The Labute approximate surface area is 150 Å². The van der Waals surface area contributed by atoms with E-state index in [0.29, 0.717) is 17.6 Å². The molecular weight excluding hydrogens is 338 g/mol. The minimum Gasteiger partial charge on any atom is -0.338 e. The maximum absolute atomic E-state index is 12.6. The van der Waals surface area contributed by atoms with Gasteiger partial charge < -0.3 is 9.88 Å². The van der Waals surface area contributed by atoms with Crippen molar-refractivity contribution in [2.75, 3.05) is 6.54 Å². The van der Waals surface area contributed by atoms with Crippen LogP contribution in [0.25, 0.3) is 0 Å². The summed E-state index contributed by atoms with van der Waals surface area (Å²) in [6.07, 6.45) is 2.27. The lowest BCUT2D eigenvalue weighted by Gasteiger charge is -2.16. The predicted octanol–water partition coefficient (Wildman–Crippen LogP) is 2.37. The van der Waals surface area contributed by atoms with Crippen LogP contribution in [0.1, 0.15) is 42.3 Å². The minimum absolute atomic E-state index is 0.377. The number of benzene rings is 1. The van der Waals surface area contributed by atoms with Crippen molar-refractivity contribution in [1.29, 1.82) is 0 Å². The van der Waals surface area contributed by atoms with Gasteiger partial charge in [-0.05, 0) is 25.3 Å². The van der Waals surface area contributed by atoms with E-state index < -0.39 is 11.3 Å². The number of carbonyl (C=O) groups excluding carboxylic acids is 2. The minimum atomic E-state index is -0.584. The monoisotopic (exact) mass is 359 g/mol. The molecule has 132 valence electrons. The van der Waals surface area contributed by atoms with Gasteiger partial charge in [-0.1, -0.05) is 42.1 Å². The zero-order chi connectivity index (χ0) is 17.8. The molecule has 0 bridgehead atoms. The summed E-state index contributed by atoms with van der Waals surface area (Å²) in [6, 6.07) is 8.87. The average Bonchev–Trinajstić information content (AvgIpc) is 3.37. The highest BCUT2D eigenvalue weighted by Gasteiger charge is 2.31. The lowest BCUT2D eigenvalue weighted by atomic mass is 10.1. The average molecular weight is 359 g/mol. The van der Waals surface area contributed by atoms with Gasteiger partial charge in [-0.15, -0.1) is 10.2 Å². The van der Waals surface area contributed by atoms with Crippen molar-refractivity contribution in [1.82, 2.24) is 25.4 Å². The second kappa shape index (κ2) is 7.69. The van der Waals surface area contributed by atoms with Crippen molar-refractivity contribution in [3.63, 3.8) is 0 Å². The fraction of sp³-hybridized carbons (Fsp3) is 0.412. The summed E-state index contributed by atoms with van der Waals surface area (Å²) in [4.78, 5) is 24.4. The molecule has 1 aliphatic carbocycles. The van der Waals surface area contributed by atoms with Crippen LogP contribution in [0.5, 0.6) is 0 Å². The van der Waals surface area contributed by atoms with Gasteiger partial charge in [-0.3, -0.25) is 10.1 Å². The lowest BCUT2D eigenvalue weighted by Crippen LogP contribution is -2.41. The maximum Gasteiger partial charge on any atom is 0.321 e. The number of nitrogens with zero attached hydrogens (tertiary/aromatic N) is 3. The third kappa shape index (κ3) is 4.19. The van der Waals surface area contributed by atoms with Crippen LogP contribution in [0.4, 0.5) is 4.79 Å². The van der Waals surface area contributed by atoms with E-state index in [0.717, 1.165) is 24.2 Å². The molecule has 25 heavy (non-hydrogen) atoms. The normalized spacial score (nSPS) is 14.8. The molecule has 3 amide bonds. The number of hydrogen-bond donors (Lipinski definition) is 2. The maximum atomic E-state index is 12.6. The molecule has 0 spiro atoms. The quantitative estimate of drug-likeness (QED) is 0.773. The Morgan fingerprint density at radius 1 is 1.28 bits per heavy atom. The molecule has 7 nitrogen and oxygen atoms in total. The second-order valence-electron chi connectivity index (χ2n) is 5.93. The van der Waals surface area contributed by atoms with Crippen molar-refractivity contribution in [3.05, 3.63) is 41.7 Å². The molecule has 0 unspecified atom stereocenters. The van der Waals surface area contributed by atoms with Gasteiger partial charge in [-0.25, -0.2) is 4.79 Å². The van der Waals surface area contributed by atoms with Crippen LogP contribution in [0.3, 0.4) is 0 Å². The number of hydrogen-bond acceptors (Lipinski definition) is 5. The van der Waals surface area contributed by atoms with E-state index in [1.165, 1.54) is 11.8 Å². The first-order valence-electron chi connectivity index (χ1n) is 8.29. The summed E-state index contributed by atoms with van der Waals surface area (Å²) < 4.78 is 1.94. The van der Waals surface area contributed by atoms with Crippen molar-refractivity contribution >= 4 is 23.7 Å². The van der Waals surface area contributed by atoms with E-state index in [1.807, 2.05) is 41.9 Å². The predicted molar refractivity (Wildman–Crippen MR) is 95.2 cm³/mol. The number of rotatable bonds is 6. The summed E-state index contributed by atoms with van der Waals surface area (Å²) in [5.41, 5.74) is 0.810. The summed E-state index contributed by atoms with van der Waals surface area (Å²) in [5.74, 6) is 1.06. The number of urea groups is 1. The Morgan fingerprint density at radius 2 is 2.00 bits per heavy atom. The van der Waals surface area contributed by atoms with E-state index >= 15 is 0 Å². The highest BCUT2D eigenvalue weighted by molar-refractivity contribution is 8.00. The standard InChI is InChI=1S/C17H21N5O2S/c1-3-18-16(24)19-15(23)13(11-7-5-4-6-8-11)25-17-21-20-14(22(17)2)12-9-10-12/h4-8,12-13H,3,9-10H2,1-2H3,(H2,18,19,23,24)/t13-/m1/s1. The van der Waals surface area contributed by atoms with Crippen molar-refractivity contribution in [2.24, 2.45) is 7.05 Å². The van der Waals surface area contributed by atoms with Crippen LogP contribution in [0, 0.1) is 0 Å². The smallest absolute Gasteiger partial charge is 0.321 e. The highest BCUT2D eigenvalue weighted by atomic mass is 32.2. The van der Waals surface area contributed by atoms with Gasteiger partial charge >= 0.3 is 6.03 Å². The van der Waals surface area contributed by atoms with Crippen molar-refractivity contribution < 1.29 is 9.59 Å². The molecule has 2 N–H and O–H groups in total. The molecule has 0 saturated heterocycles. The summed E-state index contributed by atoms with van der Waals surface area (Å²) >= 11 is 1.30. The number of aromatic nitrogens is 3. The van der Waals surface area contributed by atoms with E-state index in [2.05, 4.69) is 20.8 Å². The number of imide groups is 1. The van der Waals surface area contributed by atoms with Crippen LogP contribution in [0.15, 0.2) is 35.5 Å². The molecule has 1 fully saturated rings. The molecule has 1 saturated carbocycles. The Morgan fingerprint density at radius 3 is 2.64 bits per heavy atom. The molecule has 2 aromatic rings. The van der Waals surface area contributed by atoms with E-state index in [1.54, 1.807) is 6.92 Å². The first-order chi connectivity index (χ1) is 12.1. The van der Waals surface area contributed by atoms with Crippen LogP contribution >= 0.6 is 11.8 Å². The largest absolute Gasteiger partial charge is 0.338 e. The SMILES string of the molecule is CCNC(=O)NC(=O)[C@H](Sc1nnc(C2CC2)n1C)c1ccccc1. The van der Waals surface area contributed by atoms with E-state index in [4.69, 9.17) is 0 Å². The Hall–Kier alpha value is -2.35. The van der Waals surface area contributed by atoms with Crippen LogP contribution in [0.2, 0.25) is 0 Å². The molecule has 0 aliphatic heterocycles. The van der Waals surface area contributed by atoms with Crippen LogP contribution < -0.4 is 10.6 Å². The van der Waals surface area contributed by atoms with E-state index in [9.17, 15) is 9.59 Å². The lowest BCUT2D eigenvalue weighted by molar-refractivity contribution is -0.119. The van der Waals surface area contributed by atoms with Gasteiger partial charge in [0.05, 0.1) is 0 Å². The summed E-state index contributed by atoms with van der Waals surface area (Å²) in [6.45, 7) is 2.25. The third-order valence-corrected chi connectivity index (χ3v) is 5.24. The Kier molecular flexibility index (Phi) is 5.37. The first-order valence-corrected chi connectivity index (χ1v) is 9.17. The Bertz CT molecular complexity index is 758. The molecule has 1 heterocycles. The van der Waals surface area contributed by atoms with Gasteiger partial charge in [0.1, 0.15) is 11.1 Å². The van der Waals surface area contributed by atoms with Crippen LogP contribution in [-0.4, -0.2) is 33.2 Å². The van der Waals surface area contributed by atoms with Crippen LogP contribution in [-0.2, 0) is 11.8 Å². The number of carbonyl (C=O) groups is 2. The summed E-state index contributed by atoms with van der Waals surface area (Å²) in [7, 11) is 1.92. The van der Waals surface area contributed by atoms with Gasteiger partial charge in [0, 0.05) is 19.5 Å². The van der Waals surface area contributed by atoms with Gasteiger partial charge in [0.2, 0.25) is 5.91 Å². The number of amides is 3. The highest BCUT2D eigenvalue weighted by Crippen LogP contribution is 2.41. The number of thioether (sulfide) groups is 1. The topological polar surface area (TPSA) is 88.9 Å². The zero-order valence-corrected chi connectivity index (χ0v) is 15.0. The molecule has 1 aliphatic rings. The Balaban J connectivity index is 1.81. The molecule has 1 atom stereocenters. The molecule has 3 rings (SSSR count). The molecule has 1 aromatic carbocycles.